The van der Waals surface area contributed by atoms with Gasteiger partial charge in [0.05, 0.1) is 14.6 Å². The number of rotatable bonds is 6. The predicted molar refractivity (Wildman–Crippen MR) is 126 cm³/mol. The number of para-hydroxylation sites is 1. The summed E-state index contributed by atoms with van der Waals surface area (Å²) in [6.45, 7) is 1.76. The standard InChI is InChI=1S/C22H17Br2ClN2O2/c1-14-7-8-17(11-20(14)25)27-21(28)13-29-22-18(23)9-15(10-19(22)24)12-26-16-5-3-2-4-6-16/h2-12H,13H2,1H3,(H,27,28). The Balaban J connectivity index is 1.64. The number of amides is 1. The van der Waals surface area contributed by atoms with Crippen molar-refractivity contribution < 1.29 is 9.53 Å². The molecule has 3 aromatic carbocycles. The third kappa shape index (κ3) is 6.16. The van der Waals surface area contributed by atoms with Crippen molar-refractivity contribution in [2.45, 2.75) is 6.92 Å². The van der Waals surface area contributed by atoms with Gasteiger partial charge >= 0.3 is 0 Å². The van der Waals surface area contributed by atoms with E-state index in [0.717, 1.165) is 16.8 Å². The number of carbonyl (C=O) groups is 1. The minimum absolute atomic E-state index is 0.139. The molecule has 3 rings (SSSR count). The number of halogens is 3. The molecule has 0 bridgehead atoms. The molecule has 0 radical (unpaired) electrons. The maximum Gasteiger partial charge on any atom is 0.262 e. The molecule has 0 heterocycles. The van der Waals surface area contributed by atoms with Crippen molar-refractivity contribution >= 4 is 67.0 Å². The highest BCUT2D eigenvalue weighted by atomic mass is 79.9. The van der Waals surface area contributed by atoms with Crippen LogP contribution in [-0.2, 0) is 4.79 Å². The molecule has 0 aromatic heterocycles. The van der Waals surface area contributed by atoms with Gasteiger partial charge in [-0.15, -0.1) is 0 Å². The lowest BCUT2D eigenvalue weighted by Gasteiger charge is -2.12. The number of hydrogen-bond acceptors (Lipinski definition) is 3. The van der Waals surface area contributed by atoms with Gasteiger partial charge in [-0.25, -0.2) is 0 Å². The Labute approximate surface area is 191 Å². The second-order valence-electron chi connectivity index (χ2n) is 6.21. The lowest BCUT2D eigenvalue weighted by molar-refractivity contribution is -0.118. The fourth-order valence-electron chi connectivity index (χ4n) is 2.46. The van der Waals surface area contributed by atoms with Gasteiger partial charge in [0.1, 0.15) is 5.75 Å². The minimum Gasteiger partial charge on any atom is -0.481 e. The highest BCUT2D eigenvalue weighted by Gasteiger charge is 2.11. The van der Waals surface area contributed by atoms with Crippen molar-refractivity contribution in [3.8, 4) is 5.75 Å². The summed E-state index contributed by atoms with van der Waals surface area (Å²) in [5.41, 5.74) is 3.33. The Bertz CT molecular complexity index is 1030. The van der Waals surface area contributed by atoms with E-state index in [1.165, 1.54) is 0 Å². The van der Waals surface area contributed by atoms with Crippen LogP contribution >= 0.6 is 43.5 Å². The van der Waals surface area contributed by atoms with Gasteiger partial charge in [-0.05, 0) is 86.3 Å². The van der Waals surface area contributed by atoms with Crippen molar-refractivity contribution in [3.63, 3.8) is 0 Å². The number of carbonyl (C=O) groups excluding carboxylic acids is 1. The van der Waals surface area contributed by atoms with Crippen LogP contribution < -0.4 is 10.1 Å². The average molecular weight is 537 g/mol. The Morgan fingerprint density at radius 1 is 1.10 bits per heavy atom. The first kappa shape index (κ1) is 21.6. The summed E-state index contributed by atoms with van der Waals surface area (Å²) in [7, 11) is 0. The van der Waals surface area contributed by atoms with Gasteiger partial charge in [0.25, 0.3) is 5.91 Å². The van der Waals surface area contributed by atoms with E-state index in [1.54, 1.807) is 18.3 Å². The van der Waals surface area contributed by atoms with Crippen LogP contribution in [0.2, 0.25) is 5.02 Å². The van der Waals surface area contributed by atoms with Crippen LogP contribution in [-0.4, -0.2) is 18.7 Å². The number of hydrogen-bond donors (Lipinski definition) is 1. The van der Waals surface area contributed by atoms with Gasteiger partial charge in [-0.3, -0.25) is 9.79 Å². The van der Waals surface area contributed by atoms with E-state index >= 15 is 0 Å². The van der Waals surface area contributed by atoms with E-state index < -0.39 is 0 Å². The Kier molecular flexibility index (Phi) is 7.47. The zero-order valence-corrected chi connectivity index (χ0v) is 19.4. The van der Waals surface area contributed by atoms with Crippen LogP contribution in [0.5, 0.6) is 5.75 Å². The van der Waals surface area contributed by atoms with Crippen LogP contribution in [0.15, 0.2) is 74.6 Å². The number of anilines is 1. The largest absolute Gasteiger partial charge is 0.481 e. The smallest absolute Gasteiger partial charge is 0.262 e. The molecule has 0 atom stereocenters. The molecular weight excluding hydrogens is 520 g/mol. The second kappa shape index (κ2) is 10.1. The second-order valence-corrected chi connectivity index (χ2v) is 8.32. The van der Waals surface area contributed by atoms with E-state index in [-0.39, 0.29) is 12.5 Å². The van der Waals surface area contributed by atoms with E-state index in [4.69, 9.17) is 16.3 Å². The molecule has 0 unspecified atom stereocenters. The molecule has 0 spiro atoms. The summed E-state index contributed by atoms with van der Waals surface area (Å²) >= 11 is 13.1. The summed E-state index contributed by atoms with van der Waals surface area (Å²) in [4.78, 5) is 16.6. The minimum atomic E-state index is -0.279. The molecule has 0 fully saturated rings. The van der Waals surface area contributed by atoms with Crippen LogP contribution in [0.4, 0.5) is 11.4 Å². The third-order valence-electron chi connectivity index (χ3n) is 3.94. The van der Waals surface area contributed by atoms with Gasteiger partial charge in [-0.1, -0.05) is 35.9 Å². The van der Waals surface area contributed by atoms with E-state index in [0.29, 0.717) is 25.4 Å². The topological polar surface area (TPSA) is 50.7 Å². The fraction of sp³-hybridized carbons (Fsp3) is 0.0909. The molecule has 1 amide bonds. The number of ether oxygens (including phenoxy) is 1. The molecule has 148 valence electrons. The first-order chi connectivity index (χ1) is 13.9. The van der Waals surface area contributed by atoms with Crippen LogP contribution in [0.1, 0.15) is 11.1 Å². The van der Waals surface area contributed by atoms with E-state index in [9.17, 15) is 4.79 Å². The summed E-state index contributed by atoms with van der Waals surface area (Å²) in [6.07, 6.45) is 1.77. The normalized spacial score (nSPS) is 10.9. The zero-order chi connectivity index (χ0) is 20.8. The lowest BCUT2D eigenvalue weighted by atomic mass is 10.2. The SMILES string of the molecule is Cc1ccc(NC(=O)COc2c(Br)cc(C=Nc3ccccc3)cc2Br)cc1Cl. The Morgan fingerprint density at radius 3 is 2.45 bits per heavy atom. The van der Waals surface area contributed by atoms with Crippen molar-refractivity contribution in [1.29, 1.82) is 0 Å². The summed E-state index contributed by atoms with van der Waals surface area (Å²) in [6, 6.07) is 18.8. The van der Waals surface area contributed by atoms with Gasteiger partial charge in [0, 0.05) is 16.9 Å². The summed E-state index contributed by atoms with van der Waals surface area (Å²) in [5.74, 6) is 0.261. The molecular formula is C22H17Br2ClN2O2. The van der Waals surface area contributed by atoms with Gasteiger partial charge < -0.3 is 10.1 Å². The van der Waals surface area contributed by atoms with E-state index in [2.05, 4.69) is 42.2 Å². The van der Waals surface area contributed by atoms with Crippen molar-refractivity contribution in [1.82, 2.24) is 0 Å². The molecule has 0 saturated carbocycles. The van der Waals surface area contributed by atoms with Gasteiger partial charge in [0.15, 0.2) is 6.61 Å². The fourth-order valence-corrected chi connectivity index (χ4v) is 4.09. The molecule has 7 heteroatoms. The van der Waals surface area contributed by atoms with Crippen molar-refractivity contribution in [2.24, 2.45) is 4.99 Å². The van der Waals surface area contributed by atoms with Gasteiger partial charge in [-0.2, -0.15) is 0 Å². The third-order valence-corrected chi connectivity index (χ3v) is 5.53. The van der Waals surface area contributed by atoms with Crippen molar-refractivity contribution in [2.75, 3.05) is 11.9 Å². The van der Waals surface area contributed by atoms with Gasteiger partial charge in [0.2, 0.25) is 0 Å². The number of nitrogens with zero attached hydrogens (tertiary/aromatic N) is 1. The molecule has 1 N–H and O–H groups in total. The highest BCUT2D eigenvalue weighted by Crippen LogP contribution is 2.34. The number of aliphatic imine (C=N–C) groups is 1. The molecule has 0 aliphatic heterocycles. The van der Waals surface area contributed by atoms with Crippen molar-refractivity contribution in [3.05, 3.63) is 85.8 Å². The maximum absolute atomic E-state index is 12.2. The predicted octanol–water partition coefficient (Wildman–Crippen LogP) is 6.94. The molecule has 29 heavy (non-hydrogen) atoms. The Morgan fingerprint density at radius 2 is 1.79 bits per heavy atom. The molecule has 0 saturated heterocycles. The number of aryl methyl sites for hydroxylation is 1. The van der Waals surface area contributed by atoms with Crippen LogP contribution in [0.3, 0.4) is 0 Å². The lowest BCUT2D eigenvalue weighted by Crippen LogP contribution is -2.20. The monoisotopic (exact) mass is 534 g/mol. The summed E-state index contributed by atoms with van der Waals surface area (Å²) < 4.78 is 7.12. The first-order valence-electron chi connectivity index (χ1n) is 8.69. The van der Waals surface area contributed by atoms with Crippen LogP contribution in [0, 0.1) is 6.92 Å². The maximum atomic E-state index is 12.2. The number of nitrogens with one attached hydrogen (secondary N) is 1. The molecule has 3 aromatic rings. The highest BCUT2D eigenvalue weighted by molar-refractivity contribution is 9.11. The summed E-state index contributed by atoms with van der Waals surface area (Å²) in [5, 5.41) is 3.37. The molecule has 0 aliphatic rings. The van der Waals surface area contributed by atoms with Crippen LogP contribution in [0.25, 0.3) is 0 Å². The molecule has 4 nitrogen and oxygen atoms in total. The first-order valence-corrected chi connectivity index (χ1v) is 10.7. The Hall–Kier alpha value is -2.15. The number of benzene rings is 3. The molecule has 0 aliphatic carbocycles. The average Bonchev–Trinajstić information content (AvgIpc) is 2.69. The zero-order valence-electron chi connectivity index (χ0n) is 15.5. The quantitative estimate of drug-likeness (QED) is 0.347. The van der Waals surface area contributed by atoms with E-state index in [1.807, 2.05) is 55.5 Å².